The molecule has 1 unspecified atom stereocenters. The molecular weight excluding hydrogens is 172 g/mol. The molecule has 1 saturated carbocycles. The monoisotopic (exact) mass is 196 g/mol. The minimum absolute atomic E-state index is 0.238. The van der Waals surface area contributed by atoms with Gasteiger partial charge in [-0.15, -0.1) is 0 Å². The third-order valence-corrected chi connectivity index (χ3v) is 4.34. The van der Waals surface area contributed by atoms with Crippen molar-refractivity contribution in [2.75, 3.05) is 6.54 Å². The third-order valence-electron chi connectivity index (χ3n) is 4.34. The molecule has 0 radical (unpaired) electrons. The van der Waals surface area contributed by atoms with Gasteiger partial charge in [-0.1, -0.05) is 19.3 Å². The van der Waals surface area contributed by atoms with Crippen LogP contribution in [-0.2, 0) is 0 Å². The third kappa shape index (κ3) is 1.70. The first-order valence-electron chi connectivity index (χ1n) is 6.14. The van der Waals surface area contributed by atoms with E-state index < -0.39 is 0 Å². The van der Waals surface area contributed by atoms with Gasteiger partial charge in [-0.3, -0.25) is 4.90 Å². The highest BCUT2D eigenvalue weighted by atomic mass is 15.3. The van der Waals surface area contributed by atoms with Gasteiger partial charge in [-0.05, 0) is 33.1 Å². The van der Waals surface area contributed by atoms with Crippen LogP contribution in [0.15, 0.2) is 0 Å². The van der Waals surface area contributed by atoms with Crippen LogP contribution in [0.1, 0.15) is 52.4 Å². The molecule has 0 bridgehead atoms. The average molecular weight is 196 g/mol. The number of likely N-dealkylation sites (tertiary alicyclic amines) is 1. The maximum absolute atomic E-state index is 6.17. The fraction of sp³-hybridized carbons (Fsp3) is 1.00. The molecule has 2 fully saturated rings. The summed E-state index contributed by atoms with van der Waals surface area (Å²) >= 11 is 0. The summed E-state index contributed by atoms with van der Waals surface area (Å²) in [5.41, 5.74) is 6.41. The zero-order valence-corrected chi connectivity index (χ0v) is 9.63. The quantitative estimate of drug-likeness (QED) is 0.696. The maximum Gasteiger partial charge on any atom is 0.0307 e. The van der Waals surface area contributed by atoms with E-state index in [1.807, 2.05) is 0 Å². The van der Waals surface area contributed by atoms with Crippen LogP contribution in [0.5, 0.6) is 0 Å². The highest BCUT2D eigenvalue weighted by molar-refractivity contribution is 5.00. The molecule has 2 rings (SSSR count). The number of hydrogen-bond donors (Lipinski definition) is 1. The van der Waals surface area contributed by atoms with E-state index in [9.17, 15) is 0 Å². The lowest BCUT2D eigenvalue weighted by molar-refractivity contribution is 0.0826. The molecule has 1 aliphatic carbocycles. The number of hydrogen-bond acceptors (Lipinski definition) is 2. The first-order chi connectivity index (χ1) is 6.62. The zero-order valence-electron chi connectivity index (χ0n) is 9.63. The smallest absolute Gasteiger partial charge is 0.0307 e. The molecule has 1 saturated heterocycles. The number of rotatable bonds is 1. The van der Waals surface area contributed by atoms with E-state index in [4.69, 9.17) is 5.73 Å². The molecule has 14 heavy (non-hydrogen) atoms. The van der Waals surface area contributed by atoms with Crippen molar-refractivity contribution in [2.45, 2.75) is 70.0 Å². The Hall–Kier alpha value is -0.0800. The Bertz CT molecular complexity index is 194. The molecule has 2 nitrogen and oxygen atoms in total. The Balaban J connectivity index is 2.03. The van der Waals surface area contributed by atoms with Crippen LogP contribution < -0.4 is 5.73 Å². The van der Waals surface area contributed by atoms with Gasteiger partial charge in [-0.2, -0.15) is 0 Å². The summed E-state index contributed by atoms with van der Waals surface area (Å²) in [5, 5.41) is 0. The Labute approximate surface area is 87.8 Å². The lowest BCUT2D eigenvalue weighted by Crippen LogP contribution is -2.53. The lowest BCUT2D eigenvalue weighted by atomic mass is 9.90. The summed E-state index contributed by atoms with van der Waals surface area (Å²) in [6.45, 7) is 5.86. The fourth-order valence-electron chi connectivity index (χ4n) is 3.18. The summed E-state index contributed by atoms with van der Waals surface area (Å²) in [6.07, 6.45) is 8.27. The van der Waals surface area contributed by atoms with Crippen LogP contribution in [0.25, 0.3) is 0 Å². The standard InChI is InChI=1S/C12H24N2/c1-12(2)11(13)8-9-14(12)10-6-4-3-5-7-10/h10-11H,3-9,13H2,1-2H3. The normalized spacial score (nSPS) is 34.9. The van der Waals surface area contributed by atoms with Gasteiger partial charge in [0.25, 0.3) is 0 Å². The number of nitrogens with two attached hydrogens (primary N) is 1. The Kier molecular flexibility index (Phi) is 2.85. The van der Waals surface area contributed by atoms with Gasteiger partial charge in [-0.25, -0.2) is 0 Å². The maximum atomic E-state index is 6.17. The van der Waals surface area contributed by atoms with Gasteiger partial charge >= 0.3 is 0 Å². The van der Waals surface area contributed by atoms with Crippen LogP contribution in [0.2, 0.25) is 0 Å². The predicted octanol–water partition coefficient (Wildman–Crippen LogP) is 2.13. The van der Waals surface area contributed by atoms with Crippen molar-refractivity contribution >= 4 is 0 Å². The second-order valence-electron chi connectivity index (χ2n) is 5.53. The van der Waals surface area contributed by atoms with Crippen LogP contribution in [-0.4, -0.2) is 29.1 Å². The zero-order chi connectivity index (χ0) is 10.2. The second kappa shape index (κ2) is 3.82. The van der Waals surface area contributed by atoms with Crippen LogP contribution in [0.3, 0.4) is 0 Å². The van der Waals surface area contributed by atoms with Crippen LogP contribution in [0, 0.1) is 0 Å². The molecule has 2 N–H and O–H groups in total. The van der Waals surface area contributed by atoms with Crippen molar-refractivity contribution in [1.29, 1.82) is 0 Å². The summed E-state index contributed by atoms with van der Waals surface area (Å²) < 4.78 is 0. The highest BCUT2D eigenvalue weighted by Gasteiger charge is 2.42. The predicted molar refractivity (Wildman–Crippen MR) is 60.3 cm³/mol. The van der Waals surface area contributed by atoms with E-state index in [-0.39, 0.29) is 5.54 Å². The molecule has 0 aromatic heterocycles. The number of nitrogens with zero attached hydrogens (tertiary/aromatic N) is 1. The van der Waals surface area contributed by atoms with Crippen molar-refractivity contribution < 1.29 is 0 Å². The van der Waals surface area contributed by atoms with E-state index in [0.29, 0.717) is 6.04 Å². The van der Waals surface area contributed by atoms with Crippen LogP contribution >= 0.6 is 0 Å². The molecule has 0 aromatic carbocycles. The van der Waals surface area contributed by atoms with E-state index in [1.54, 1.807) is 0 Å². The minimum atomic E-state index is 0.238. The second-order valence-corrected chi connectivity index (χ2v) is 5.53. The van der Waals surface area contributed by atoms with Gasteiger partial charge < -0.3 is 5.73 Å². The molecule has 0 amide bonds. The summed E-state index contributed by atoms with van der Waals surface area (Å²) in [6, 6.07) is 1.21. The largest absolute Gasteiger partial charge is 0.326 e. The summed E-state index contributed by atoms with van der Waals surface area (Å²) in [7, 11) is 0. The van der Waals surface area contributed by atoms with Crippen molar-refractivity contribution in [2.24, 2.45) is 5.73 Å². The molecule has 2 aliphatic rings. The average Bonchev–Trinajstić information content (AvgIpc) is 2.44. The van der Waals surface area contributed by atoms with E-state index in [0.717, 1.165) is 6.04 Å². The van der Waals surface area contributed by atoms with E-state index in [1.165, 1.54) is 45.1 Å². The molecule has 1 heterocycles. The molecule has 82 valence electrons. The molecule has 2 heteroatoms. The van der Waals surface area contributed by atoms with Gasteiger partial charge in [0.2, 0.25) is 0 Å². The first kappa shape index (κ1) is 10.4. The van der Waals surface area contributed by atoms with Gasteiger partial charge in [0.1, 0.15) is 0 Å². The Morgan fingerprint density at radius 3 is 2.21 bits per heavy atom. The highest BCUT2D eigenvalue weighted by Crippen LogP contribution is 2.34. The van der Waals surface area contributed by atoms with Gasteiger partial charge in [0.05, 0.1) is 0 Å². The summed E-state index contributed by atoms with van der Waals surface area (Å²) in [4.78, 5) is 2.68. The van der Waals surface area contributed by atoms with Crippen LogP contribution in [0.4, 0.5) is 0 Å². The van der Waals surface area contributed by atoms with Crippen molar-refractivity contribution in [3.8, 4) is 0 Å². The fourth-order valence-corrected chi connectivity index (χ4v) is 3.18. The molecule has 0 aromatic rings. The van der Waals surface area contributed by atoms with Crippen molar-refractivity contribution in [1.82, 2.24) is 4.90 Å². The van der Waals surface area contributed by atoms with Gasteiger partial charge in [0, 0.05) is 24.2 Å². The molecular formula is C12H24N2. The first-order valence-corrected chi connectivity index (χ1v) is 6.14. The van der Waals surface area contributed by atoms with Crippen molar-refractivity contribution in [3.05, 3.63) is 0 Å². The summed E-state index contributed by atoms with van der Waals surface area (Å²) in [5.74, 6) is 0. The van der Waals surface area contributed by atoms with E-state index >= 15 is 0 Å². The Morgan fingerprint density at radius 2 is 1.71 bits per heavy atom. The van der Waals surface area contributed by atoms with E-state index in [2.05, 4.69) is 18.7 Å². The minimum Gasteiger partial charge on any atom is -0.326 e. The molecule has 1 aliphatic heterocycles. The topological polar surface area (TPSA) is 29.3 Å². The molecule has 1 atom stereocenters. The SMILES string of the molecule is CC1(C)C(N)CCN1C1CCCCC1. The lowest BCUT2D eigenvalue weighted by Gasteiger charge is -2.41. The van der Waals surface area contributed by atoms with Gasteiger partial charge in [0.15, 0.2) is 0 Å². The van der Waals surface area contributed by atoms with Crippen molar-refractivity contribution in [3.63, 3.8) is 0 Å². The molecule has 0 spiro atoms. The Morgan fingerprint density at radius 1 is 1.07 bits per heavy atom.